The number of piperazine rings is 1. The highest BCUT2D eigenvalue weighted by Gasteiger charge is 2.18. The zero-order valence-corrected chi connectivity index (χ0v) is 20.0. The van der Waals surface area contributed by atoms with E-state index in [9.17, 15) is 4.39 Å². The fourth-order valence-corrected chi connectivity index (χ4v) is 3.62. The number of aliphatic imine (C=N–C) groups is 1. The molecule has 1 unspecified atom stereocenters. The van der Waals surface area contributed by atoms with Crippen molar-refractivity contribution in [1.82, 2.24) is 25.4 Å². The van der Waals surface area contributed by atoms with Gasteiger partial charge in [0.25, 0.3) is 0 Å². The molecule has 3 N–H and O–H groups in total. The summed E-state index contributed by atoms with van der Waals surface area (Å²) in [5.41, 5.74) is 2.03. The van der Waals surface area contributed by atoms with Crippen LogP contribution in [0.15, 0.2) is 29.4 Å². The third-order valence-electron chi connectivity index (χ3n) is 5.44. The molecule has 1 fully saturated rings. The van der Waals surface area contributed by atoms with Crippen LogP contribution in [0.2, 0.25) is 0 Å². The van der Waals surface area contributed by atoms with Crippen molar-refractivity contribution >= 4 is 40.8 Å². The minimum atomic E-state index is -0.213. The maximum atomic E-state index is 13.3. The van der Waals surface area contributed by atoms with Crippen molar-refractivity contribution < 1.29 is 4.39 Å². The summed E-state index contributed by atoms with van der Waals surface area (Å²) >= 11 is 0. The van der Waals surface area contributed by atoms with E-state index in [0.29, 0.717) is 6.04 Å². The molecule has 3 rings (SSSR count). The van der Waals surface area contributed by atoms with Gasteiger partial charge in [0.2, 0.25) is 0 Å². The second-order valence-corrected chi connectivity index (χ2v) is 7.59. The predicted molar refractivity (Wildman–Crippen MR) is 130 cm³/mol. The van der Waals surface area contributed by atoms with E-state index < -0.39 is 0 Å². The van der Waals surface area contributed by atoms with Crippen molar-refractivity contribution in [2.75, 3.05) is 52.9 Å². The summed E-state index contributed by atoms with van der Waals surface area (Å²) in [5, 5.41) is 7.83. The van der Waals surface area contributed by atoms with E-state index in [2.05, 4.69) is 46.3 Å². The number of H-pyrrole nitrogens is 1. The van der Waals surface area contributed by atoms with Crippen molar-refractivity contribution in [2.24, 2.45) is 4.99 Å². The Morgan fingerprint density at radius 1 is 1.24 bits per heavy atom. The molecule has 0 radical (unpaired) electrons. The average molecular weight is 516 g/mol. The number of aromatic amines is 1. The lowest BCUT2D eigenvalue weighted by Crippen LogP contribution is -2.49. The lowest BCUT2D eigenvalue weighted by atomic mass is 10.1. The largest absolute Gasteiger partial charge is 0.361 e. The molecule has 1 saturated heterocycles. The summed E-state index contributed by atoms with van der Waals surface area (Å²) in [6.45, 7) is 11.2. The number of likely N-dealkylation sites (N-methyl/N-ethyl adjacent to an activating group) is 1. The van der Waals surface area contributed by atoms with Gasteiger partial charge >= 0.3 is 0 Å². The van der Waals surface area contributed by atoms with Crippen LogP contribution in [0.25, 0.3) is 10.9 Å². The Hall–Kier alpha value is -1.39. The van der Waals surface area contributed by atoms with Gasteiger partial charge in [0.15, 0.2) is 5.96 Å². The molecule has 1 aromatic heterocycles. The van der Waals surface area contributed by atoms with Gasteiger partial charge in [-0.3, -0.25) is 9.89 Å². The molecule has 0 bridgehead atoms. The molecule has 0 spiro atoms. The topological polar surface area (TPSA) is 58.7 Å². The summed E-state index contributed by atoms with van der Waals surface area (Å²) in [7, 11) is 2.18. The molecule has 1 atom stereocenters. The van der Waals surface area contributed by atoms with E-state index in [-0.39, 0.29) is 29.8 Å². The van der Waals surface area contributed by atoms with E-state index in [1.165, 1.54) is 17.7 Å². The van der Waals surface area contributed by atoms with Gasteiger partial charge in [0.05, 0.1) is 6.54 Å². The number of fused-ring (bicyclic) bond motifs is 1. The van der Waals surface area contributed by atoms with Crippen molar-refractivity contribution in [2.45, 2.75) is 26.3 Å². The molecular weight excluding hydrogens is 482 g/mol. The molecule has 8 heteroatoms. The molecule has 6 nitrogen and oxygen atoms in total. The second kappa shape index (κ2) is 11.7. The van der Waals surface area contributed by atoms with Gasteiger partial charge in [-0.25, -0.2) is 4.39 Å². The van der Waals surface area contributed by atoms with Gasteiger partial charge in [0.1, 0.15) is 5.82 Å². The molecular formula is C21H34FIN6. The molecule has 29 heavy (non-hydrogen) atoms. The second-order valence-electron chi connectivity index (χ2n) is 7.59. The van der Waals surface area contributed by atoms with Gasteiger partial charge in [-0.05, 0) is 51.1 Å². The number of nitrogens with zero attached hydrogens (tertiary/aromatic N) is 3. The van der Waals surface area contributed by atoms with Gasteiger partial charge in [-0.15, -0.1) is 24.0 Å². The molecule has 1 aromatic carbocycles. The number of rotatable bonds is 7. The molecule has 2 heterocycles. The Balaban J connectivity index is 0.00000300. The number of nitrogens with one attached hydrogen (secondary N) is 3. The molecule has 162 valence electrons. The van der Waals surface area contributed by atoms with E-state index in [4.69, 9.17) is 4.99 Å². The highest BCUT2D eigenvalue weighted by molar-refractivity contribution is 14.0. The van der Waals surface area contributed by atoms with E-state index >= 15 is 0 Å². The number of aromatic nitrogens is 1. The van der Waals surface area contributed by atoms with Crippen molar-refractivity contribution in [1.29, 1.82) is 0 Å². The van der Waals surface area contributed by atoms with Crippen LogP contribution < -0.4 is 10.6 Å². The van der Waals surface area contributed by atoms with Crippen LogP contribution in [0, 0.1) is 5.82 Å². The fraction of sp³-hybridized carbons (Fsp3) is 0.571. The van der Waals surface area contributed by atoms with Crippen LogP contribution in [0.5, 0.6) is 0 Å². The first-order chi connectivity index (χ1) is 13.6. The first kappa shape index (κ1) is 23.9. The smallest absolute Gasteiger partial charge is 0.191 e. The first-order valence-corrected chi connectivity index (χ1v) is 10.3. The highest BCUT2D eigenvalue weighted by Crippen LogP contribution is 2.19. The number of halogens is 2. The number of guanidine groups is 1. The third kappa shape index (κ3) is 6.82. The Labute approximate surface area is 190 Å². The van der Waals surface area contributed by atoms with Gasteiger partial charge in [-0.1, -0.05) is 0 Å². The first-order valence-electron chi connectivity index (χ1n) is 10.3. The minimum absolute atomic E-state index is 0. The molecule has 0 amide bonds. The summed E-state index contributed by atoms with van der Waals surface area (Å²) < 4.78 is 13.3. The zero-order chi connectivity index (χ0) is 19.9. The fourth-order valence-electron chi connectivity index (χ4n) is 3.62. The lowest BCUT2D eigenvalue weighted by molar-refractivity contribution is 0.122. The summed E-state index contributed by atoms with van der Waals surface area (Å²) in [5.74, 6) is 0.643. The van der Waals surface area contributed by atoms with Crippen LogP contribution in [0.3, 0.4) is 0 Å². The van der Waals surface area contributed by atoms with Gasteiger partial charge in [-0.2, -0.15) is 0 Å². The molecule has 0 saturated carbocycles. The summed E-state index contributed by atoms with van der Waals surface area (Å²) in [4.78, 5) is 12.8. The predicted octanol–water partition coefficient (Wildman–Crippen LogP) is 2.66. The number of hydrogen-bond acceptors (Lipinski definition) is 3. The summed E-state index contributed by atoms with van der Waals surface area (Å²) in [6, 6.07) is 5.33. The van der Waals surface area contributed by atoms with Crippen molar-refractivity contribution in [3.05, 3.63) is 35.8 Å². The Morgan fingerprint density at radius 3 is 2.72 bits per heavy atom. The quantitative estimate of drug-likeness (QED) is 0.301. The molecule has 1 aliphatic rings. The minimum Gasteiger partial charge on any atom is -0.361 e. The molecule has 1 aliphatic heterocycles. The zero-order valence-electron chi connectivity index (χ0n) is 17.7. The molecule has 0 aliphatic carbocycles. The van der Waals surface area contributed by atoms with Crippen molar-refractivity contribution in [3.63, 3.8) is 0 Å². The van der Waals surface area contributed by atoms with E-state index in [0.717, 1.165) is 69.1 Å². The van der Waals surface area contributed by atoms with Crippen molar-refractivity contribution in [3.8, 4) is 0 Å². The SMILES string of the molecule is CCNC(=NCC(C)N1CCN(C)CC1)NCCc1c[nH]c2cc(F)ccc12.I. The van der Waals surface area contributed by atoms with Gasteiger partial charge in [0, 0.05) is 62.4 Å². The molecule has 2 aromatic rings. The van der Waals surface area contributed by atoms with Crippen LogP contribution in [-0.4, -0.2) is 79.6 Å². The Morgan fingerprint density at radius 2 is 2.00 bits per heavy atom. The van der Waals surface area contributed by atoms with E-state index in [1.807, 2.05) is 12.3 Å². The number of benzene rings is 1. The average Bonchev–Trinajstić information content (AvgIpc) is 3.08. The number of hydrogen-bond donors (Lipinski definition) is 3. The Bertz CT molecular complexity index is 785. The van der Waals surface area contributed by atoms with Crippen LogP contribution in [0.1, 0.15) is 19.4 Å². The lowest BCUT2D eigenvalue weighted by Gasteiger charge is -2.35. The summed E-state index contributed by atoms with van der Waals surface area (Å²) in [6.07, 6.45) is 2.81. The normalized spacial score (nSPS) is 17.2. The van der Waals surface area contributed by atoms with Crippen LogP contribution in [0.4, 0.5) is 4.39 Å². The van der Waals surface area contributed by atoms with Gasteiger partial charge < -0.3 is 20.5 Å². The maximum absolute atomic E-state index is 13.3. The van der Waals surface area contributed by atoms with E-state index in [1.54, 1.807) is 0 Å². The monoisotopic (exact) mass is 516 g/mol. The third-order valence-corrected chi connectivity index (χ3v) is 5.44. The highest BCUT2D eigenvalue weighted by atomic mass is 127. The Kier molecular flexibility index (Phi) is 9.64. The standard InChI is InChI=1S/C21H33FN6.HI/c1-4-23-21(26-14-16(2)28-11-9-27(3)10-12-28)24-8-7-17-15-25-20-13-18(22)5-6-19(17)20;/h5-6,13,15-16,25H,4,7-12,14H2,1-3H3,(H2,23,24,26);1H. The maximum Gasteiger partial charge on any atom is 0.191 e. The van der Waals surface area contributed by atoms with Crippen LogP contribution >= 0.6 is 24.0 Å². The van der Waals surface area contributed by atoms with Crippen LogP contribution in [-0.2, 0) is 6.42 Å².